The van der Waals surface area contributed by atoms with Crippen molar-refractivity contribution in [1.29, 1.82) is 5.26 Å². The van der Waals surface area contributed by atoms with Crippen molar-refractivity contribution in [3.05, 3.63) is 39.9 Å². The molecule has 2 rings (SSSR count). The third kappa shape index (κ3) is 3.85. The standard InChI is InChI=1S/C15H14F3N3OS/c1-2-3-6-21-13(8-23-9-19)20-12-7-10(15(16,17)18)4-5-11(12)14(21)22/h4-5,7H,2-3,6,8H2,1H3. The second-order valence-electron chi connectivity index (χ2n) is 4.95. The lowest BCUT2D eigenvalue weighted by molar-refractivity contribution is -0.137. The molecule has 1 heterocycles. The molecule has 23 heavy (non-hydrogen) atoms. The van der Waals surface area contributed by atoms with Crippen LogP contribution in [0.25, 0.3) is 10.9 Å². The van der Waals surface area contributed by atoms with Gasteiger partial charge in [-0.1, -0.05) is 13.3 Å². The van der Waals surface area contributed by atoms with Gasteiger partial charge in [-0.05, 0) is 36.4 Å². The number of hydrogen-bond acceptors (Lipinski definition) is 4. The Bertz CT molecular complexity index is 808. The summed E-state index contributed by atoms with van der Waals surface area (Å²) in [6.07, 6.45) is -2.88. The summed E-state index contributed by atoms with van der Waals surface area (Å²) >= 11 is 0.897. The van der Waals surface area contributed by atoms with E-state index in [0.717, 1.165) is 42.8 Å². The van der Waals surface area contributed by atoms with E-state index in [2.05, 4.69) is 4.98 Å². The molecule has 0 saturated carbocycles. The first-order valence-electron chi connectivity index (χ1n) is 7.00. The molecule has 0 bridgehead atoms. The number of halogens is 3. The fraction of sp³-hybridized carbons (Fsp3) is 0.400. The van der Waals surface area contributed by atoms with Crippen molar-refractivity contribution in [3.8, 4) is 5.40 Å². The number of thiocyanates is 1. The smallest absolute Gasteiger partial charge is 0.295 e. The molecule has 4 nitrogen and oxygen atoms in total. The maximum Gasteiger partial charge on any atom is 0.416 e. The molecule has 0 N–H and O–H groups in total. The largest absolute Gasteiger partial charge is 0.416 e. The van der Waals surface area contributed by atoms with E-state index in [9.17, 15) is 18.0 Å². The first-order chi connectivity index (χ1) is 10.9. The Kier molecular flexibility index (Phi) is 5.31. The zero-order chi connectivity index (χ0) is 17.0. The van der Waals surface area contributed by atoms with Crippen molar-refractivity contribution in [2.45, 2.75) is 38.2 Å². The van der Waals surface area contributed by atoms with Gasteiger partial charge < -0.3 is 0 Å². The molecule has 0 saturated heterocycles. The summed E-state index contributed by atoms with van der Waals surface area (Å²) in [5.74, 6) is 0.476. The van der Waals surface area contributed by atoms with E-state index in [4.69, 9.17) is 5.26 Å². The number of unbranched alkanes of at least 4 members (excludes halogenated alkanes) is 1. The van der Waals surface area contributed by atoms with Crippen molar-refractivity contribution in [2.24, 2.45) is 0 Å². The van der Waals surface area contributed by atoms with Crippen molar-refractivity contribution in [1.82, 2.24) is 9.55 Å². The molecule has 0 spiro atoms. The third-order valence-corrected chi connectivity index (χ3v) is 3.89. The van der Waals surface area contributed by atoms with Gasteiger partial charge in [-0.15, -0.1) is 0 Å². The second kappa shape index (κ2) is 7.04. The first-order valence-corrected chi connectivity index (χ1v) is 7.98. The van der Waals surface area contributed by atoms with Crippen LogP contribution in [-0.4, -0.2) is 9.55 Å². The van der Waals surface area contributed by atoms with E-state index >= 15 is 0 Å². The van der Waals surface area contributed by atoms with Crippen LogP contribution >= 0.6 is 11.8 Å². The Labute approximate surface area is 134 Å². The van der Waals surface area contributed by atoms with Crippen LogP contribution in [0.15, 0.2) is 23.0 Å². The molecule has 0 aliphatic carbocycles. The topological polar surface area (TPSA) is 58.7 Å². The predicted octanol–water partition coefficient (Wildman–Crippen LogP) is 3.93. The fourth-order valence-corrected chi connectivity index (χ4v) is 2.61. The Morgan fingerprint density at radius 1 is 1.39 bits per heavy atom. The number of nitrogens with zero attached hydrogens (tertiary/aromatic N) is 3. The van der Waals surface area contributed by atoms with Crippen molar-refractivity contribution >= 4 is 22.7 Å². The monoisotopic (exact) mass is 341 g/mol. The number of rotatable bonds is 5. The highest BCUT2D eigenvalue weighted by atomic mass is 32.2. The summed E-state index contributed by atoms with van der Waals surface area (Å²) in [6.45, 7) is 2.40. The van der Waals surface area contributed by atoms with Crippen LogP contribution < -0.4 is 5.56 Å². The van der Waals surface area contributed by atoms with E-state index in [0.29, 0.717) is 12.4 Å². The maximum atomic E-state index is 12.8. The highest BCUT2D eigenvalue weighted by Gasteiger charge is 2.31. The number of thioether (sulfide) groups is 1. The van der Waals surface area contributed by atoms with Crippen LogP contribution in [0.3, 0.4) is 0 Å². The van der Waals surface area contributed by atoms with Gasteiger partial charge in [0.1, 0.15) is 11.2 Å². The highest BCUT2D eigenvalue weighted by molar-refractivity contribution is 8.02. The van der Waals surface area contributed by atoms with E-state index < -0.39 is 11.7 Å². The molecule has 2 aromatic rings. The molecule has 0 aliphatic rings. The normalized spacial score (nSPS) is 11.6. The van der Waals surface area contributed by atoms with Gasteiger partial charge in [-0.2, -0.15) is 18.4 Å². The van der Waals surface area contributed by atoms with E-state index in [1.807, 2.05) is 12.3 Å². The summed E-state index contributed by atoms with van der Waals surface area (Å²) in [6, 6.07) is 2.93. The van der Waals surface area contributed by atoms with E-state index in [-0.39, 0.29) is 22.2 Å². The van der Waals surface area contributed by atoms with Crippen LogP contribution in [0.2, 0.25) is 0 Å². The molecule has 8 heteroatoms. The zero-order valence-corrected chi connectivity index (χ0v) is 13.2. The zero-order valence-electron chi connectivity index (χ0n) is 12.4. The van der Waals surface area contributed by atoms with Crippen molar-refractivity contribution < 1.29 is 13.2 Å². The third-order valence-electron chi connectivity index (χ3n) is 3.36. The second-order valence-corrected chi connectivity index (χ2v) is 5.71. The molecule has 0 atom stereocenters. The summed E-state index contributed by atoms with van der Waals surface area (Å²) < 4.78 is 39.9. The molecule has 0 amide bonds. The van der Waals surface area contributed by atoms with Crippen molar-refractivity contribution in [2.75, 3.05) is 0 Å². The van der Waals surface area contributed by atoms with Crippen LogP contribution in [0, 0.1) is 10.7 Å². The molecular formula is C15H14F3N3OS. The lowest BCUT2D eigenvalue weighted by Gasteiger charge is -2.13. The summed E-state index contributed by atoms with van der Waals surface area (Å²) in [4.78, 5) is 16.7. The van der Waals surface area contributed by atoms with Crippen LogP contribution in [0.1, 0.15) is 31.2 Å². The lowest BCUT2D eigenvalue weighted by atomic mass is 10.1. The van der Waals surface area contributed by atoms with Gasteiger partial charge in [-0.25, -0.2) is 4.98 Å². The minimum Gasteiger partial charge on any atom is -0.295 e. The fourth-order valence-electron chi connectivity index (χ4n) is 2.20. The molecular weight excluding hydrogens is 327 g/mol. The summed E-state index contributed by atoms with van der Waals surface area (Å²) in [5, 5.41) is 10.7. The lowest BCUT2D eigenvalue weighted by Crippen LogP contribution is -2.25. The molecule has 122 valence electrons. The number of fused-ring (bicyclic) bond motifs is 1. The minimum atomic E-state index is -4.49. The molecule has 1 aromatic heterocycles. The van der Waals surface area contributed by atoms with Gasteiger partial charge in [-0.3, -0.25) is 9.36 Å². The number of alkyl halides is 3. The number of hydrogen-bond donors (Lipinski definition) is 0. The van der Waals surface area contributed by atoms with Gasteiger partial charge in [0.25, 0.3) is 5.56 Å². The molecule has 0 fully saturated rings. The van der Waals surface area contributed by atoms with Gasteiger partial charge in [0.2, 0.25) is 0 Å². The highest BCUT2D eigenvalue weighted by Crippen LogP contribution is 2.30. The van der Waals surface area contributed by atoms with E-state index in [1.165, 1.54) is 4.57 Å². The van der Waals surface area contributed by atoms with Crippen LogP contribution in [0.5, 0.6) is 0 Å². The van der Waals surface area contributed by atoms with Gasteiger partial charge in [0, 0.05) is 6.54 Å². The Morgan fingerprint density at radius 3 is 2.74 bits per heavy atom. The average Bonchev–Trinajstić information content (AvgIpc) is 2.51. The quantitative estimate of drug-likeness (QED) is 0.773. The maximum absolute atomic E-state index is 12.8. The molecule has 0 aliphatic heterocycles. The summed E-state index contributed by atoms with van der Waals surface area (Å²) in [5.41, 5.74) is -1.21. The molecule has 0 unspecified atom stereocenters. The predicted molar refractivity (Wildman–Crippen MR) is 82.8 cm³/mol. The number of nitriles is 1. The SMILES string of the molecule is CCCCn1c(CSC#N)nc2cc(C(F)(F)F)ccc2c1=O. The molecule has 0 radical (unpaired) electrons. The van der Waals surface area contributed by atoms with E-state index in [1.54, 1.807) is 0 Å². The van der Waals surface area contributed by atoms with Crippen LogP contribution in [0.4, 0.5) is 13.2 Å². The summed E-state index contributed by atoms with van der Waals surface area (Å²) in [7, 11) is 0. The Hall–Kier alpha value is -2.01. The Balaban J connectivity index is 2.63. The van der Waals surface area contributed by atoms with Crippen molar-refractivity contribution in [3.63, 3.8) is 0 Å². The molecule has 1 aromatic carbocycles. The van der Waals surface area contributed by atoms with Crippen LogP contribution in [-0.2, 0) is 18.5 Å². The number of aromatic nitrogens is 2. The Morgan fingerprint density at radius 2 is 2.13 bits per heavy atom. The first kappa shape index (κ1) is 17.3. The van der Waals surface area contributed by atoms with Gasteiger partial charge >= 0.3 is 6.18 Å². The van der Waals surface area contributed by atoms with Gasteiger partial charge in [0.05, 0.1) is 22.2 Å². The number of benzene rings is 1. The van der Waals surface area contributed by atoms with Gasteiger partial charge in [0.15, 0.2) is 0 Å². The minimum absolute atomic E-state index is 0.00566. The average molecular weight is 341 g/mol.